The third kappa shape index (κ3) is 3.28. The molecule has 154 valence electrons. The Kier molecular flexibility index (Phi) is 4.99. The van der Waals surface area contributed by atoms with Crippen molar-refractivity contribution in [1.82, 2.24) is 9.78 Å². The molecule has 5 nitrogen and oxygen atoms in total. The number of nitrogens with one attached hydrogen (secondary N) is 1. The van der Waals surface area contributed by atoms with Crippen LogP contribution in [0.5, 0.6) is 0 Å². The molecule has 0 bridgehead atoms. The van der Waals surface area contributed by atoms with Crippen molar-refractivity contribution < 1.29 is 9.00 Å². The zero-order chi connectivity index (χ0) is 20.7. The van der Waals surface area contributed by atoms with Crippen molar-refractivity contribution in [3.63, 3.8) is 0 Å². The predicted molar refractivity (Wildman–Crippen MR) is 119 cm³/mol. The summed E-state index contributed by atoms with van der Waals surface area (Å²) in [7, 11) is -0.971. The molecule has 1 fully saturated rings. The minimum atomic E-state index is -0.971. The number of anilines is 1. The molecule has 2 aliphatic rings. The zero-order valence-electron chi connectivity index (χ0n) is 16.4. The molecule has 0 radical (unpaired) electrons. The molecule has 1 unspecified atom stereocenters. The van der Waals surface area contributed by atoms with Gasteiger partial charge in [-0.1, -0.05) is 54.8 Å². The van der Waals surface area contributed by atoms with Gasteiger partial charge in [0.2, 0.25) is 5.91 Å². The first-order chi connectivity index (χ1) is 14.6. The van der Waals surface area contributed by atoms with Crippen molar-refractivity contribution in [1.29, 1.82) is 0 Å². The van der Waals surface area contributed by atoms with Crippen LogP contribution in [0.3, 0.4) is 0 Å². The van der Waals surface area contributed by atoms with Crippen LogP contribution in [0.2, 0.25) is 5.02 Å². The quantitative estimate of drug-likeness (QED) is 0.638. The topological polar surface area (TPSA) is 64.0 Å². The van der Waals surface area contributed by atoms with Crippen LogP contribution in [0.15, 0.2) is 54.6 Å². The molecule has 1 N–H and O–H groups in total. The normalized spacial score (nSPS) is 19.6. The second-order valence-electron chi connectivity index (χ2n) is 8.00. The van der Waals surface area contributed by atoms with E-state index in [1.165, 1.54) is 0 Å². The lowest BCUT2D eigenvalue weighted by atomic mass is 9.78. The van der Waals surface area contributed by atoms with Crippen molar-refractivity contribution in [2.24, 2.45) is 0 Å². The van der Waals surface area contributed by atoms with Crippen molar-refractivity contribution in [3.05, 3.63) is 76.4 Å². The summed E-state index contributed by atoms with van der Waals surface area (Å²) in [5.41, 5.74) is 2.98. The van der Waals surface area contributed by atoms with E-state index in [4.69, 9.17) is 11.6 Å². The van der Waals surface area contributed by atoms with Gasteiger partial charge in [-0.05, 0) is 42.7 Å². The van der Waals surface area contributed by atoms with Crippen LogP contribution in [0.4, 0.5) is 5.82 Å². The fraction of sp³-hybridized carbons (Fsp3) is 0.304. The van der Waals surface area contributed by atoms with E-state index in [0.717, 1.165) is 48.2 Å². The summed E-state index contributed by atoms with van der Waals surface area (Å²) in [5, 5.41) is 8.55. The van der Waals surface area contributed by atoms with Crippen molar-refractivity contribution >= 4 is 34.1 Å². The Bertz CT molecular complexity index is 1120. The largest absolute Gasteiger partial charge is 0.310 e. The SMILES string of the molecule is O=C(Nc1c2c(nn1-c1ccccc1)CS(=O)C2)C1(c2ccc(Cl)cc2)CCCC1. The van der Waals surface area contributed by atoms with Gasteiger partial charge >= 0.3 is 0 Å². The Labute approximate surface area is 182 Å². The van der Waals surface area contributed by atoms with Gasteiger partial charge < -0.3 is 5.32 Å². The Balaban J connectivity index is 1.56. The monoisotopic (exact) mass is 439 g/mol. The molecule has 3 aromatic rings. The lowest BCUT2D eigenvalue weighted by Gasteiger charge is -2.28. The third-order valence-electron chi connectivity index (χ3n) is 6.19. The third-order valence-corrected chi connectivity index (χ3v) is 7.65. The van der Waals surface area contributed by atoms with E-state index in [1.807, 2.05) is 54.6 Å². The van der Waals surface area contributed by atoms with Gasteiger partial charge in [0, 0.05) is 21.4 Å². The summed E-state index contributed by atoms with van der Waals surface area (Å²) in [4.78, 5) is 13.7. The predicted octanol–water partition coefficient (Wildman–Crippen LogP) is 4.74. The van der Waals surface area contributed by atoms with E-state index >= 15 is 0 Å². The second-order valence-corrected chi connectivity index (χ2v) is 9.89. The number of carbonyl (C=O) groups is 1. The van der Waals surface area contributed by atoms with E-state index < -0.39 is 16.2 Å². The number of aromatic nitrogens is 2. The maximum Gasteiger partial charge on any atom is 0.236 e. The van der Waals surface area contributed by atoms with E-state index in [1.54, 1.807) is 4.68 Å². The Morgan fingerprint density at radius 1 is 1.03 bits per heavy atom. The summed E-state index contributed by atoms with van der Waals surface area (Å²) in [6.45, 7) is 0. The molecule has 1 amide bonds. The molecule has 2 heterocycles. The summed E-state index contributed by atoms with van der Waals surface area (Å²) < 4.78 is 13.9. The minimum Gasteiger partial charge on any atom is -0.310 e. The van der Waals surface area contributed by atoms with Gasteiger partial charge in [-0.25, -0.2) is 4.68 Å². The number of rotatable bonds is 4. The van der Waals surface area contributed by atoms with Gasteiger partial charge in [-0.2, -0.15) is 5.10 Å². The van der Waals surface area contributed by atoms with E-state index in [-0.39, 0.29) is 5.91 Å². The molecule has 0 spiro atoms. The summed E-state index contributed by atoms with van der Waals surface area (Å²) in [6.07, 6.45) is 3.62. The molecule has 1 saturated carbocycles. The first-order valence-electron chi connectivity index (χ1n) is 10.2. The van der Waals surface area contributed by atoms with Crippen molar-refractivity contribution in [2.45, 2.75) is 42.6 Å². The second kappa shape index (κ2) is 7.67. The number of para-hydroxylation sites is 1. The minimum absolute atomic E-state index is 0.0279. The van der Waals surface area contributed by atoms with Crippen LogP contribution in [-0.2, 0) is 32.5 Å². The molecule has 5 rings (SSSR count). The average molecular weight is 440 g/mol. The number of nitrogens with zero attached hydrogens (tertiary/aromatic N) is 2. The highest BCUT2D eigenvalue weighted by molar-refractivity contribution is 7.83. The molecule has 1 atom stereocenters. The van der Waals surface area contributed by atoms with Crippen molar-refractivity contribution in [3.8, 4) is 5.69 Å². The number of amides is 1. The Hall–Kier alpha value is -2.44. The lowest BCUT2D eigenvalue weighted by molar-refractivity contribution is -0.121. The highest BCUT2D eigenvalue weighted by atomic mass is 35.5. The maximum atomic E-state index is 13.7. The fourth-order valence-corrected chi connectivity index (χ4v) is 6.02. The van der Waals surface area contributed by atoms with Crippen LogP contribution < -0.4 is 5.32 Å². The van der Waals surface area contributed by atoms with Crippen LogP contribution in [-0.4, -0.2) is 19.9 Å². The summed E-state index contributed by atoms with van der Waals surface area (Å²) >= 11 is 6.08. The highest BCUT2D eigenvalue weighted by Crippen LogP contribution is 2.43. The van der Waals surface area contributed by atoms with Gasteiger partial charge in [-0.3, -0.25) is 9.00 Å². The molecule has 30 heavy (non-hydrogen) atoms. The number of carbonyl (C=O) groups excluding carboxylic acids is 1. The number of hydrogen-bond acceptors (Lipinski definition) is 3. The van der Waals surface area contributed by atoms with Gasteiger partial charge in [0.05, 0.1) is 28.3 Å². The Morgan fingerprint density at radius 3 is 2.43 bits per heavy atom. The first kappa shape index (κ1) is 19.5. The number of halogens is 1. The van der Waals surface area contributed by atoms with E-state index in [2.05, 4.69) is 10.4 Å². The van der Waals surface area contributed by atoms with E-state index in [0.29, 0.717) is 22.3 Å². The molecule has 1 aromatic heterocycles. The van der Waals surface area contributed by atoms with Crippen LogP contribution in [0.1, 0.15) is 42.5 Å². The van der Waals surface area contributed by atoms with Gasteiger partial charge in [0.15, 0.2) is 0 Å². The van der Waals surface area contributed by atoms with Crippen LogP contribution in [0.25, 0.3) is 5.69 Å². The van der Waals surface area contributed by atoms with Crippen LogP contribution >= 0.6 is 11.6 Å². The highest BCUT2D eigenvalue weighted by Gasteiger charge is 2.43. The standard InChI is InChI=1S/C23H22ClN3O2S/c24-17-10-8-16(9-11-17)23(12-4-5-13-23)22(28)25-21-19-14-30(29)15-20(19)26-27(21)18-6-2-1-3-7-18/h1-3,6-11H,4-5,12-15H2,(H,25,28). The number of benzene rings is 2. The van der Waals surface area contributed by atoms with Gasteiger partial charge in [0.25, 0.3) is 0 Å². The summed E-state index contributed by atoms with van der Waals surface area (Å²) in [6, 6.07) is 17.4. The molecule has 1 aliphatic heterocycles. The Morgan fingerprint density at radius 2 is 1.73 bits per heavy atom. The van der Waals surface area contributed by atoms with Crippen molar-refractivity contribution in [2.75, 3.05) is 5.32 Å². The molecule has 7 heteroatoms. The molecular formula is C23H22ClN3O2S. The number of hydrogen-bond donors (Lipinski definition) is 1. The fourth-order valence-electron chi connectivity index (χ4n) is 4.63. The molecule has 2 aromatic carbocycles. The zero-order valence-corrected chi connectivity index (χ0v) is 18.0. The average Bonchev–Trinajstić information content (AvgIpc) is 3.46. The van der Waals surface area contributed by atoms with Gasteiger partial charge in [-0.15, -0.1) is 0 Å². The smallest absolute Gasteiger partial charge is 0.236 e. The van der Waals surface area contributed by atoms with E-state index in [9.17, 15) is 9.00 Å². The maximum absolute atomic E-state index is 13.7. The molecule has 0 saturated heterocycles. The van der Waals surface area contributed by atoms with Crippen LogP contribution in [0, 0.1) is 0 Å². The summed E-state index contributed by atoms with van der Waals surface area (Å²) in [5.74, 6) is 1.47. The number of fused-ring (bicyclic) bond motifs is 1. The lowest BCUT2D eigenvalue weighted by Crippen LogP contribution is -2.38. The molecule has 1 aliphatic carbocycles. The van der Waals surface area contributed by atoms with Gasteiger partial charge in [0.1, 0.15) is 5.82 Å². The molecular weight excluding hydrogens is 418 g/mol. The first-order valence-corrected chi connectivity index (χ1v) is 12.0.